The van der Waals surface area contributed by atoms with E-state index in [1.807, 2.05) is 6.92 Å². The van der Waals surface area contributed by atoms with E-state index in [2.05, 4.69) is 20.7 Å². The smallest absolute Gasteiger partial charge is 0.407 e. The van der Waals surface area contributed by atoms with Crippen LogP contribution in [0.1, 0.15) is 55.7 Å². The molecular formula is C20H29N5O5. The van der Waals surface area contributed by atoms with Crippen LogP contribution < -0.4 is 5.32 Å². The van der Waals surface area contributed by atoms with Gasteiger partial charge in [-0.1, -0.05) is 12.1 Å². The van der Waals surface area contributed by atoms with Gasteiger partial charge < -0.3 is 25.0 Å². The number of nitrogens with zero attached hydrogens (tertiary/aromatic N) is 3. The predicted molar refractivity (Wildman–Crippen MR) is 108 cm³/mol. The summed E-state index contributed by atoms with van der Waals surface area (Å²) in [5.41, 5.74) is 1.60. The second-order valence-corrected chi connectivity index (χ2v) is 7.92. The standard InChI is InChI=1S/C20H29N5O5/c1-3-13(11-26)10-25(20(28)29)15-5-4-14(7-15)17-9-18(23-22-17)21-19(27)8-16-6-12(2)24-30-16/h6,9,13-15,26H,3-5,7-8,10-11H2,1-2H3,(H,28,29)(H2,21,22,23,27)/t13?,14-,15+/m0/s1. The highest BCUT2D eigenvalue weighted by Gasteiger charge is 2.34. The van der Waals surface area contributed by atoms with E-state index < -0.39 is 6.09 Å². The first-order valence-electron chi connectivity index (χ1n) is 10.3. The van der Waals surface area contributed by atoms with E-state index in [4.69, 9.17) is 4.52 Å². The number of aliphatic hydroxyl groups excluding tert-OH is 1. The summed E-state index contributed by atoms with van der Waals surface area (Å²) < 4.78 is 5.05. The highest BCUT2D eigenvalue weighted by Crippen LogP contribution is 2.37. The zero-order valence-corrected chi connectivity index (χ0v) is 17.3. The molecule has 1 aliphatic rings. The minimum absolute atomic E-state index is 0.0202. The number of amides is 2. The molecule has 30 heavy (non-hydrogen) atoms. The Kier molecular flexibility index (Phi) is 7.09. The molecule has 0 radical (unpaired) electrons. The van der Waals surface area contributed by atoms with Gasteiger partial charge in [0, 0.05) is 42.9 Å². The largest absolute Gasteiger partial charge is 0.465 e. The van der Waals surface area contributed by atoms with Gasteiger partial charge in [0.1, 0.15) is 5.76 Å². The molecule has 0 bridgehead atoms. The molecule has 164 valence electrons. The number of aryl methyl sites for hydroxylation is 1. The van der Waals surface area contributed by atoms with Crippen molar-refractivity contribution >= 4 is 17.8 Å². The number of aromatic amines is 1. The highest BCUT2D eigenvalue weighted by atomic mass is 16.5. The average Bonchev–Trinajstić information content (AvgIpc) is 3.44. The summed E-state index contributed by atoms with van der Waals surface area (Å²) in [6.45, 7) is 4.05. The second kappa shape index (κ2) is 9.75. The van der Waals surface area contributed by atoms with Crippen molar-refractivity contribution in [3.05, 3.63) is 29.3 Å². The third-order valence-corrected chi connectivity index (χ3v) is 5.70. The van der Waals surface area contributed by atoms with Crippen molar-refractivity contribution in [1.82, 2.24) is 20.3 Å². The predicted octanol–water partition coefficient (Wildman–Crippen LogP) is 2.52. The van der Waals surface area contributed by atoms with E-state index >= 15 is 0 Å². The van der Waals surface area contributed by atoms with E-state index in [0.717, 1.165) is 30.7 Å². The van der Waals surface area contributed by atoms with Crippen LogP contribution in [0.4, 0.5) is 10.6 Å². The number of rotatable bonds is 9. The van der Waals surface area contributed by atoms with E-state index in [1.165, 1.54) is 4.90 Å². The van der Waals surface area contributed by atoms with Gasteiger partial charge >= 0.3 is 6.09 Å². The Balaban J connectivity index is 1.56. The fraction of sp³-hybridized carbons (Fsp3) is 0.600. The molecular weight excluding hydrogens is 390 g/mol. The van der Waals surface area contributed by atoms with Gasteiger partial charge in [-0.25, -0.2) is 4.79 Å². The summed E-state index contributed by atoms with van der Waals surface area (Å²) in [6, 6.07) is 3.41. The molecule has 2 aromatic rings. The van der Waals surface area contributed by atoms with Crippen LogP contribution in [0.25, 0.3) is 0 Å². The highest BCUT2D eigenvalue weighted by molar-refractivity contribution is 5.91. The average molecular weight is 419 g/mol. The fourth-order valence-corrected chi connectivity index (χ4v) is 3.96. The van der Waals surface area contributed by atoms with Crippen molar-refractivity contribution in [2.45, 2.75) is 57.9 Å². The van der Waals surface area contributed by atoms with Gasteiger partial charge in [0.05, 0.1) is 12.1 Å². The molecule has 1 saturated carbocycles. The first-order chi connectivity index (χ1) is 14.4. The fourth-order valence-electron chi connectivity index (χ4n) is 3.96. The Labute approximate surface area is 174 Å². The Morgan fingerprint density at radius 2 is 2.20 bits per heavy atom. The summed E-state index contributed by atoms with van der Waals surface area (Å²) in [5, 5.41) is 32.7. The number of aromatic nitrogens is 3. The van der Waals surface area contributed by atoms with Crippen LogP contribution in [-0.2, 0) is 11.2 Å². The minimum atomic E-state index is -0.951. The van der Waals surface area contributed by atoms with Gasteiger partial charge in [0.2, 0.25) is 5.91 Å². The first kappa shape index (κ1) is 21.8. The molecule has 1 unspecified atom stereocenters. The zero-order valence-electron chi connectivity index (χ0n) is 17.3. The minimum Gasteiger partial charge on any atom is -0.465 e. The molecule has 3 rings (SSSR count). The molecule has 2 heterocycles. The van der Waals surface area contributed by atoms with Crippen LogP contribution >= 0.6 is 0 Å². The molecule has 2 amide bonds. The molecule has 0 aliphatic heterocycles. The summed E-state index contributed by atoms with van der Waals surface area (Å²) >= 11 is 0. The number of hydrogen-bond acceptors (Lipinski definition) is 6. The molecule has 0 spiro atoms. The molecule has 2 aromatic heterocycles. The van der Waals surface area contributed by atoms with E-state index in [1.54, 1.807) is 19.1 Å². The number of nitrogens with one attached hydrogen (secondary N) is 2. The number of anilines is 1. The lowest BCUT2D eigenvalue weighted by molar-refractivity contribution is -0.115. The lowest BCUT2D eigenvalue weighted by atomic mass is 10.0. The van der Waals surface area contributed by atoms with E-state index in [0.29, 0.717) is 24.5 Å². The quantitative estimate of drug-likeness (QED) is 0.489. The van der Waals surface area contributed by atoms with Crippen molar-refractivity contribution in [1.29, 1.82) is 0 Å². The van der Waals surface area contributed by atoms with Gasteiger partial charge in [0.25, 0.3) is 0 Å². The number of aliphatic hydroxyl groups is 1. The maximum Gasteiger partial charge on any atom is 0.407 e. The Bertz CT molecular complexity index is 859. The third-order valence-electron chi connectivity index (χ3n) is 5.70. The van der Waals surface area contributed by atoms with Crippen LogP contribution in [-0.4, -0.2) is 61.7 Å². The van der Waals surface area contributed by atoms with Crippen LogP contribution in [0.15, 0.2) is 16.7 Å². The van der Waals surface area contributed by atoms with Gasteiger partial charge in [0.15, 0.2) is 5.82 Å². The molecule has 0 aromatic carbocycles. The van der Waals surface area contributed by atoms with Crippen LogP contribution in [0.3, 0.4) is 0 Å². The number of H-pyrrole nitrogens is 1. The SMILES string of the molecule is CCC(CO)CN(C(=O)O)[C@@H]1CC[C@H](c2cc(NC(=O)Cc3cc(C)no3)n[nH]2)C1. The molecule has 1 fully saturated rings. The van der Waals surface area contributed by atoms with Gasteiger partial charge in [-0.15, -0.1) is 0 Å². The third kappa shape index (κ3) is 5.38. The molecule has 1 aliphatic carbocycles. The number of hydrogen-bond donors (Lipinski definition) is 4. The van der Waals surface area contributed by atoms with Crippen molar-refractivity contribution < 1.29 is 24.3 Å². The summed E-state index contributed by atoms with van der Waals surface area (Å²) in [4.78, 5) is 25.4. The lowest BCUT2D eigenvalue weighted by Gasteiger charge is -2.29. The monoisotopic (exact) mass is 419 g/mol. The lowest BCUT2D eigenvalue weighted by Crippen LogP contribution is -2.41. The molecule has 0 saturated heterocycles. The molecule has 10 nitrogen and oxygen atoms in total. The molecule has 3 atom stereocenters. The van der Waals surface area contributed by atoms with Crippen molar-refractivity contribution in [2.24, 2.45) is 5.92 Å². The normalized spacial score (nSPS) is 19.6. The van der Waals surface area contributed by atoms with E-state index in [9.17, 15) is 19.8 Å². The van der Waals surface area contributed by atoms with Crippen molar-refractivity contribution in [3.8, 4) is 0 Å². The summed E-state index contributed by atoms with van der Waals surface area (Å²) in [6.07, 6.45) is 2.12. The molecule has 4 N–H and O–H groups in total. The van der Waals surface area contributed by atoms with Crippen LogP contribution in [0.5, 0.6) is 0 Å². The van der Waals surface area contributed by atoms with Gasteiger partial charge in [-0.3, -0.25) is 9.89 Å². The maximum absolute atomic E-state index is 12.2. The number of carbonyl (C=O) groups excluding carboxylic acids is 1. The number of carboxylic acid groups (broad SMARTS) is 1. The van der Waals surface area contributed by atoms with Crippen LogP contribution in [0.2, 0.25) is 0 Å². The first-order valence-corrected chi connectivity index (χ1v) is 10.3. The van der Waals surface area contributed by atoms with Crippen molar-refractivity contribution in [3.63, 3.8) is 0 Å². The Hall–Kier alpha value is -2.88. The Morgan fingerprint density at radius 1 is 1.40 bits per heavy atom. The molecule has 10 heteroatoms. The second-order valence-electron chi connectivity index (χ2n) is 7.92. The topological polar surface area (TPSA) is 145 Å². The van der Waals surface area contributed by atoms with Crippen LogP contribution in [0, 0.1) is 12.8 Å². The van der Waals surface area contributed by atoms with E-state index in [-0.39, 0.29) is 36.8 Å². The zero-order chi connectivity index (χ0) is 21.7. The van der Waals surface area contributed by atoms with Crippen molar-refractivity contribution in [2.75, 3.05) is 18.5 Å². The maximum atomic E-state index is 12.2. The number of carbonyl (C=O) groups is 2. The van der Waals surface area contributed by atoms with Gasteiger partial charge in [-0.2, -0.15) is 5.10 Å². The van der Waals surface area contributed by atoms with Gasteiger partial charge in [-0.05, 0) is 38.5 Å². The summed E-state index contributed by atoms with van der Waals surface area (Å²) in [7, 11) is 0. The summed E-state index contributed by atoms with van der Waals surface area (Å²) in [5.74, 6) is 0.751. The Morgan fingerprint density at radius 3 is 2.83 bits per heavy atom.